The van der Waals surface area contributed by atoms with Gasteiger partial charge in [-0.3, -0.25) is 4.79 Å². The van der Waals surface area contributed by atoms with Crippen LogP contribution in [0.3, 0.4) is 0 Å². The van der Waals surface area contributed by atoms with Gasteiger partial charge >= 0.3 is 0 Å². The van der Waals surface area contributed by atoms with Gasteiger partial charge in [0.2, 0.25) is 5.91 Å². The second-order valence-corrected chi connectivity index (χ2v) is 5.61. The van der Waals surface area contributed by atoms with E-state index in [9.17, 15) is 9.90 Å². The van der Waals surface area contributed by atoms with Crippen LogP contribution >= 0.6 is 0 Å². The number of amides is 1. The number of anilines is 1. The number of aliphatic hydroxyl groups is 1. The molecule has 2 aliphatic rings. The fourth-order valence-corrected chi connectivity index (χ4v) is 3.75. The SMILES string of the molecule is [C-]#[N+]c1cccc2c1C1(CCCCC1)C(=O)N2CCO. The maximum Gasteiger partial charge on any atom is 0.236 e. The van der Waals surface area contributed by atoms with Crippen molar-refractivity contribution < 1.29 is 9.90 Å². The Bertz CT molecular complexity index is 583. The van der Waals surface area contributed by atoms with E-state index in [2.05, 4.69) is 4.85 Å². The molecule has 4 nitrogen and oxygen atoms in total. The van der Waals surface area contributed by atoms with Crippen LogP contribution in [-0.2, 0) is 10.2 Å². The first-order chi connectivity index (χ1) is 9.74. The summed E-state index contributed by atoms with van der Waals surface area (Å²) in [7, 11) is 0. The fourth-order valence-electron chi connectivity index (χ4n) is 3.75. The van der Waals surface area contributed by atoms with Crippen molar-refractivity contribution in [1.82, 2.24) is 0 Å². The van der Waals surface area contributed by atoms with Crippen LogP contribution in [-0.4, -0.2) is 24.2 Å². The molecule has 1 amide bonds. The smallest absolute Gasteiger partial charge is 0.236 e. The molecule has 0 aromatic heterocycles. The summed E-state index contributed by atoms with van der Waals surface area (Å²) in [6.45, 7) is 7.66. The van der Waals surface area contributed by atoms with Crippen LogP contribution in [0.25, 0.3) is 4.85 Å². The van der Waals surface area contributed by atoms with Crippen molar-refractivity contribution in [3.63, 3.8) is 0 Å². The summed E-state index contributed by atoms with van der Waals surface area (Å²) in [6.07, 6.45) is 4.88. The van der Waals surface area contributed by atoms with Gasteiger partial charge in [0.25, 0.3) is 0 Å². The van der Waals surface area contributed by atoms with Gasteiger partial charge in [-0.1, -0.05) is 31.4 Å². The minimum absolute atomic E-state index is 0.0521. The lowest BCUT2D eigenvalue weighted by molar-refractivity contribution is -0.124. The maximum absolute atomic E-state index is 12.9. The molecule has 1 N–H and O–H groups in total. The number of hydrogen-bond donors (Lipinski definition) is 1. The summed E-state index contributed by atoms with van der Waals surface area (Å²) in [5.74, 6) is 0.0809. The molecule has 1 aromatic rings. The molecule has 4 heteroatoms. The zero-order valence-electron chi connectivity index (χ0n) is 11.4. The lowest BCUT2D eigenvalue weighted by atomic mass is 9.69. The van der Waals surface area contributed by atoms with Gasteiger partial charge in [-0.25, -0.2) is 4.85 Å². The molecule has 0 unspecified atom stereocenters. The summed E-state index contributed by atoms with van der Waals surface area (Å²) in [4.78, 5) is 18.2. The number of benzene rings is 1. The third kappa shape index (κ3) is 1.66. The minimum Gasteiger partial charge on any atom is -0.395 e. The molecule has 3 rings (SSSR count). The Hall–Kier alpha value is -1.86. The fraction of sp³-hybridized carbons (Fsp3) is 0.500. The molecule has 1 spiro atoms. The third-order valence-electron chi connectivity index (χ3n) is 4.60. The van der Waals surface area contributed by atoms with Crippen LogP contribution in [0.1, 0.15) is 37.7 Å². The highest BCUT2D eigenvalue weighted by Crippen LogP contribution is 2.53. The van der Waals surface area contributed by atoms with Gasteiger partial charge in [-0.05, 0) is 24.5 Å². The molecule has 1 aliphatic carbocycles. The Morgan fingerprint density at radius 3 is 2.70 bits per heavy atom. The van der Waals surface area contributed by atoms with Gasteiger partial charge in [-0.2, -0.15) is 0 Å². The molecule has 0 atom stereocenters. The van der Waals surface area contributed by atoms with Gasteiger partial charge in [0.1, 0.15) is 0 Å². The molecule has 0 saturated heterocycles. The average molecular weight is 270 g/mol. The molecule has 1 heterocycles. The van der Waals surface area contributed by atoms with Crippen LogP contribution in [0.5, 0.6) is 0 Å². The highest BCUT2D eigenvalue weighted by molar-refractivity contribution is 6.10. The first-order valence-electron chi connectivity index (χ1n) is 7.18. The second-order valence-electron chi connectivity index (χ2n) is 5.61. The zero-order chi connectivity index (χ0) is 14.2. The lowest BCUT2D eigenvalue weighted by Gasteiger charge is -2.33. The van der Waals surface area contributed by atoms with E-state index in [1.54, 1.807) is 11.0 Å². The normalized spacial score (nSPS) is 20.0. The molecule has 1 aromatic carbocycles. The minimum atomic E-state index is -0.510. The lowest BCUT2D eigenvalue weighted by Crippen LogP contribution is -2.42. The molecular formula is C16H18N2O2. The molecule has 1 fully saturated rings. The molecular weight excluding hydrogens is 252 g/mol. The molecule has 104 valence electrons. The number of carbonyl (C=O) groups is 1. The van der Waals surface area contributed by atoms with Crippen molar-refractivity contribution in [3.05, 3.63) is 35.2 Å². The monoisotopic (exact) mass is 270 g/mol. The Balaban J connectivity index is 2.19. The maximum atomic E-state index is 12.9. The molecule has 0 bridgehead atoms. The number of fused-ring (bicyclic) bond motifs is 2. The van der Waals surface area contributed by atoms with Crippen LogP contribution in [0.4, 0.5) is 11.4 Å². The van der Waals surface area contributed by atoms with Gasteiger partial charge in [0.15, 0.2) is 5.69 Å². The Labute approximate surface area is 118 Å². The highest BCUT2D eigenvalue weighted by atomic mass is 16.3. The second kappa shape index (κ2) is 4.92. The Morgan fingerprint density at radius 2 is 2.05 bits per heavy atom. The van der Waals surface area contributed by atoms with Gasteiger partial charge in [0, 0.05) is 12.2 Å². The van der Waals surface area contributed by atoms with Gasteiger partial charge in [0.05, 0.1) is 18.6 Å². The van der Waals surface area contributed by atoms with E-state index in [4.69, 9.17) is 6.57 Å². The third-order valence-corrected chi connectivity index (χ3v) is 4.60. The van der Waals surface area contributed by atoms with Crippen LogP contribution in [0.2, 0.25) is 0 Å². The summed E-state index contributed by atoms with van der Waals surface area (Å²) < 4.78 is 0. The molecule has 1 saturated carbocycles. The van der Waals surface area contributed by atoms with Crippen LogP contribution < -0.4 is 4.90 Å². The number of rotatable bonds is 2. The van der Waals surface area contributed by atoms with Crippen molar-refractivity contribution in [3.8, 4) is 0 Å². The first kappa shape index (κ1) is 13.1. The van der Waals surface area contributed by atoms with Crippen molar-refractivity contribution in [2.75, 3.05) is 18.1 Å². The summed E-state index contributed by atoms with van der Waals surface area (Å²) >= 11 is 0. The largest absolute Gasteiger partial charge is 0.395 e. The zero-order valence-corrected chi connectivity index (χ0v) is 11.4. The van der Waals surface area contributed by atoms with Gasteiger partial charge in [-0.15, -0.1) is 0 Å². The van der Waals surface area contributed by atoms with E-state index in [1.165, 1.54) is 0 Å². The van der Waals surface area contributed by atoms with Gasteiger partial charge < -0.3 is 10.0 Å². The average Bonchev–Trinajstić information content (AvgIpc) is 2.72. The van der Waals surface area contributed by atoms with E-state index in [1.807, 2.05) is 12.1 Å². The predicted octanol–water partition coefficient (Wildman–Crippen LogP) is 2.78. The van der Waals surface area contributed by atoms with Crippen molar-refractivity contribution in [1.29, 1.82) is 0 Å². The number of aliphatic hydroxyl groups excluding tert-OH is 1. The number of hydrogen-bond acceptors (Lipinski definition) is 2. The van der Waals surface area contributed by atoms with Crippen molar-refractivity contribution in [2.24, 2.45) is 0 Å². The number of β-amino-alcohol motifs (C(OH)–C–C–N with tert-alkyl or cyclic N) is 1. The van der Waals surface area contributed by atoms with Crippen LogP contribution in [0.15, 0.2) is 18.2 Å². The standard InChI is InChI=1S/C16H18N2O2/c1-17-12-6-5-7-13-14(12)16(8-3-2-4-9-16)15(20)18(13)10-11-19/h5-7,19H,2-4,8-11H2. The Morgan fingerprint density at radius 1 is 1.30 bits per heavy atom. The van der Waals surface area contributed by atoms with E-state index < -0.39 is 5.41 Å². The van der Waals surface area contributed by atoms with Crippen molar-refractivity contribution in [2.45, 2.75) is 37.5 Å². The topological polar surface area (TPSA) is 44.9 Å². The van der Waals surface area contributed by atoms with E-state index in [0.717, 1.165) is 43.4 Å². The van der Waals surface area contributed by atoms with E-state index in [0.29, 0.717) is 12.2 Å². The summed E-state index contributed by atoms with van der Waals surface area (Å²) in [5.41, 5.74) is 1.83. The quantitative estimate of drug-likeness (QED) is 0.840. The Kier molecular flexibility index (Phi) is 3.23. The summed E-state index contributed by atoms with van der Waals surface area (Å²) in [5, 5.41) is 9.23. The summed E-state index contributed by atoms with van der Waals surface area (Å²) in [6, 6.07) is 5.53. The van der Waals surface area contributed by atoms with Crippen molar-refractivity contribution >= 4 is 17.3 Å². The molecule has 20 heavy (non-hydrogen) atoms. The predicted molar refractivity (Wildman–Crippen MR) is 76.9 cm³/mol. The molecule has 1 aliphatic heterocycles. The van der Waals surface area contributed by atoms with E-state index in [-0.39, 0.29) is 12.5 Å². The number of carbonyl (C=O) groups excluding carboxylic acids is 1. The van der Waals surface area contributed by atoms with E-state index >= 15 is 0 Å². The first-order valence-corrected chi connectivity index (χ1v) is 7.18. The number of nitrogens with zero attached hydrogens (tertiary/aromatic N) is 2. The molecule has 0 radical (unpaired) electrons. The highest BCUT2D eigenvalue weighted by Gasteiger charge is 2.51. The van der Waals surface area contributed by atoms with Crippen LogP contribution in [0, 0.1) is 6.57 Å².